The summed E-state index contributed by atoms with van der Waals surface area (Å²) in [6.45, 7) is -0.378. The van der Waals surface area contributed by atoms with Crippen molar-refractivity contribution in [3.63, 3.8) is 0 Å². The van der Waals surface area contributed by atoms with E-state index in [1.165, 1.54) is 0 Å². The van der Waals surface area contributed by atoms with Crippen molar-refractivity contribution < 1.29 is 24.8 Å². The predicted octanol–water partition coefficient (Wildman–Crippen LogP) is 0.334. The molecule has 0 spiro atoms. The second-order valence-corrected chi connectivity index (χ2v) is 5.40. The first kappa shape index (κ1) is 16.3. The summed E-state index contributed by atoms with van der Waals surface area (Å²) in [6, 6.07) is 3.61. The third kappa shape index (κ3) is 3.59. The molecule has 0 amide bonds. The van der Waals surface area contributed by atoms with Crippen LogP contribution in [0.3, 0.4) is 0 Å². The second kappa shape index (κ2) is 7.29. The fraction of sp³-hybridized carbons (Fsp3) is 0.667. The molecular weight excluding hydrogens is 274 g/mol. The summed E-state index contributed by atoms with van der Waals surface area (Å²) in [5.41, 5.74) is 1.92. The van der Waals surface area contributed by atoms with Crippen molar-refractivity contribution in [2.24, 2.45) is 0 Å². The molecule has 0 bridgehead atoms. The Morgan fingerprint density at radius 3 is 1.90 bits per heavy atom. The lowest BCUT2D eigenvalue weighted by atomic mass is 9.78. The number of ether oxygens (including phenoxy) is 2. The molecule has 1 fully saturated rings. The van der Waals surface area contributed by atoms with Gasteiger partial charge in [-0.05, 0) is 17.7 Å². The summed E-state index contributed by atoms with van der Waals surface area (Å²) in [5, 5.41) is 28.6. The molecule has 1 heterocycles. The number of rotatable bonds is 5. The van der Waals surface area contributed by atoms with Gasteiger partial charge in [0.2, 0.25) is 0 Å². The Bertz CT molecular complexity index is 431. The van der Waals surface area contributed by atoms with Gasteiger partial charge in [-0.3, -0.25) is 4.98 Å². The van der Waals surface area contributed by atoms with Crippen LogP contribution in [0.5, 0.6) is 0 Å². The number of hydrogen-bond donors (Lipinski definition) is 3. The lowest BCUT2D eigenvalue weighted by Crippen LogP contribution is -2.42. The third-order valence-corrected chi connectivity index (χ3v) is 4.08. The minimum Gasteiger partial charge on any atom is -0.393 e. The number of nitrogens with zero attached hydrogens (tertiary/aromatic N) is 1. The zero-order chi connectivity index (χ0) is 15.4. The quantitative estimate of drug-likeness (QED) is 0.725. The SMILES string of the molecule is COC1CC(O)CC(OC)C1c1cc(CO)nc(CO)c1. The van der Waals surface area contributed by atoms with Crippen molar-refractivity contribution in [3.8, 4) is 0 Å². The number of hydrogen-bond acceptors (Lipinski definition) is 6. The van der Waals surface area contributed by atoms with Gasteiger partial charge in [0.1, 0.15) is 0 Å². The smallest absolute Gasteiger partial charge is 0.0853 e. The number of methoxy groups -OCH3 is 2. The lowest BCUT2D eigenvalue weighted by Gasteiger charge is -2.39. The standard InChI is InChI=1S/C15H23NO5/c1-20-13-5-12(19)6-14(21-2)15(13)9-3-10(7-17)16-11(4-9)8-18/h3-4,12-15,17-19H,5-8H2,1-2H3. The molecule has 0 radical (unpaired) electrons. The van der Waals surface area contributed by atoms with E-state index in [1.807, 2.05) is 0 Å². The van der Waals surface area contributed by atoms with Crippen molar-refractivity contribution in [2.75, 3.05) is 14.2 Å². The van der Waals surface area contributed by atoms with Crippen LogP contribution in [0.25, 0.3) is 0 Å². The van der Waals surface area contributed by atoms with Crippen LogP contribution in [-0.4, -0.2) is 52.8 Å². The first-order chi connectivity index (χ1) is 10.1. The van der Waals surface area contributed by atoms with E-state index in [1.54, 1.807) is 26.4 Å². The first-order valence-corrected chi connectivity index (χ1v) is 7.08. The Kier molecular flexibility index (Phi) is 5.66. The Morgan fingerprint density at radius 2 is 1.52 bits per heavy atom. The molecule has 2 rings (SSSR count). The van der Waals surface area contributed by atoms with Crippen LogP contribution < -0.4 is 0 Å². The fourth-order valence-corrected chi connectivity index (χ4v) is 3.11. The summed E-state index contributed by atoms with van der Waals surface area (Å²) < 4.78 is 11.0. The predicted molar refractivity (Wildman–Crippen MR) is 75.7 cm³/mol. The highest BCUT2D eigenvalue weighted by Gasteiger charge is 2.39. The summed E-state index contributed by atoms with van der Waals surface area (Å²) in [5.74, 6) is -0.0676. The van der Waals surface area contributed by atoms with Crippen LogP contribution in [0.15, 0.2) is 12.1 Å². The van der Waals surface area contributed by atoms with Gasteiger partial charge < -0.3 is 24.8 Å². The van der Waals surface area contributed by atoms with Gasteiger partial charge in [-0.25, -0.2) is 0 Å². The van der Waals surface area contributed by atoms with Gasteiger partial charge in [-0.1, -0.05) is 0 Å². The van der Waals surface area contributed by atoms with Gasteiger partial charge >= 0.3 is 0 Å². The molecule has 0 aliphatic heterocycles. The van der Waals surface area contributed by atoms with E-state index in [0.29, 0.717) is 24.2 Å². The third-order valence-electron chi connectivity index (χ3n) is 4.08. The fourth-order valence-electron chi connectivity index (χ4n) is 3.11. The van der Waals surface area contributed by atoms with Crippen LogP contribution >= 0.6 is 0 Å². The largest absolute Gasteiger partial charge is 0.393 e. The molecule has 3 N–H and O–H groups in total. The molecule has 1 aromatic heterocycles. The van der Waals surface area contributed by atoms with E-state index in [-0.39, 0.29) is 31.3 Å². The number of aliphatic hydroxyl groups excluding tert-OH is 3. The van der Waals surface area contributed by atoms with Gasteiger partial charge in [0.15, 0.2) is 0 Å². The molecule has 1 saturated carbocycles. The molecule has 2 atom stereocenters. The van der Waals surface area contributed by atoms with Crippen molar-refractivity contribution in [1.29, 1.82) is 0 Å². The summed E-state index contributed by atoms with van der Waals surface area (Å²) in [4.78, 5) is 4.15. The highest BCUT2D eigenvalue weighted by Crippen LogP contribution is 2.37. The molecular formula is C15H23NO5. The van der Waals surface area contributed by atoms with E-state index < -0.39 is 6.10 Å². The highest BCUT2D eigenvalue weighted by molar-refractivity contribution is 5.28. The second-order valence-electron chi connectivity index (χ2n) is 5.40. The molecule has 6 nitrogen and oxygen atoms in total. The maximum absolute atomic E-state index is 9.93. The monoisotopic (exact) mass is 297 g/mol. The Morgan fingerprint density at radius 1 is 1.05 bits per heavy atom. The minimum atomic E-state index is -0.451. The van der Waals surface area contributed by atoms with E-state index in [4.69, 9.17) is 9.47 Å². The number of aliphatic hydroxyl groups is 3. The van der Waals surface area contributed by atoms with Crippen molar-refractivity contribution >= 4 is 0 Å². The summed E-state index contributed by atoms with van der Waals surface area (Å²) in [7, 11) is 3.23. The van der Waals surface area contributed by atoms with Crippen LogP contribution in [0.4, 0.5) is 0 Å². The highest BCUT2D eigenvalue weighted by atomic mass is 16.5. The molecule has 1 aliphatic carbocycles. The molecule has 118 valence electrons. The summed E-state index contributed by atoms with van der Waals surface area (Å²) >= 11 is 0. The van der Waals surface area contributed by atoms with Crippen molar-refractivity contribution in [3.05, 3.63) is 29.1 Å². The topological polar surface area (TPSA) is 92.0 Å². The Hall–Kier alpha value is -1.05. The molecule has 1 aliphatic rings. The molecule has 21 heavy (non-hydrogen) atoms. The number of aromatic nitrogens is 1. The number of pyridine rings is 1. The zero-order valence-electron chi connectivity index (χ0n) is 12.4. The molecule has 2 unspecified atom stereocenters. The van der Waals surface area contributed by atoms with E-state index >= 15 is 0 Å². The van der Waals surface area contributed by atoms with E-state index in [9.17, 15) is 15.3 Å². The Balaban J connectivity index is 2.40. The van der Waals surface area contributed by atoms with Gasteiger partial charge in [0, 0.05) is 33.0 Å². The summed E-state index contributed by atoms with van der Waals surface area (Å²) in [6.07, 6.45) is 0.254. The zero-order valence-corrected chi connectivity index (χ0v) is 12.4. The average Bonchev–Trinajstić information content (AvgIpc) is 2.52. The van der Waals surface area contributed by atoms with Gasteiger partial charge in [0.05, 0.1) is 42.9 Å². The maximum atomic E-state index is 9.93. The Labute approximate surface area is 124 Å². The van der Waals surface area contributed by atoms with Crippen LogP contribution in [0, 0.1) is 0 Å². The van der Waals surface area contributed by atoms with E-state index in [2.05, 4.69) is 4.98 Å². The normalized spacial score (nSPS) is 29.6. The minimum absolute atomic E-state index is 0.0676. The van der Waals surface area contributed by atoms with Crippen molar-refractivity contribution in [2.45, 2.75) is 50.3 Å². The molecule has 0 saturated heterocycles. The van der Waals surface area contributed by atoms with Crippen LogP contribution in [-0.2, 0) is 22.7 Å². The van der Waals surface area contributed by atoms with Gasteiger partial charge in [-0.15, -0.1) is 0 Å². The first-order valence-electron chi connectivity index (χ1n) is 7.08. The average molecular weight is 297 g/mol. The van der Waals surface area contributed by atoms with Crippen LogP contribution in [0.2, 0.25) is 0 Å². The van der Waals surface area contributed by atoms with E-state index in [0.717, 1.165) is 5.56 Å². The lowest BCUT2D eigenvalue weighted by molar-refractivity contribution is -0.0746. The van der Waals surface area contributed by atoms with Gasteiger partial charge in [-0.2, -0.15) is 0 Å². The van der Waals surface area contributed by atoms with Crippen molar-refractivity contribution in [1.82, 2.24) is 4.98 Å². The molecule has 1 aromatic rings. The molecule has 6 heteroatoms. The van der Waals surface area contributed by atoms with Gasteiger partial charge in [0.25, 0.3) is 0 Å². The molecule has 0 aromatic carbocycles. The van der Waals surface area contributed by atoms with Crippen LogP contribution in [0.1, 0.15) is 35.7 Å². The maximum Gasteiger partial charge on any atom is 0.0853 e.